The van der Waals surface area contributed by atoms with Gasteiger partial charge in [0.05, 0.1) is 0 Å². The molecule has 0 aromatic heterocycles. The monoisotopic (exact) mass is 263 g/mol. The van der Waals surface area contributed by atoms with Gasteiger partial charge in [0.1, 0.15) is 5.75 Å². The number of aliphatic hydroxyl groups excluding tert-OH is 1. The van der Waals surface area contributed by atoms with Crippen molar-refractivity contribution in [3.63, 3.8) is 0 Å². The summed E-state index contributed by atoms with van der Waals surface area (Å²) < 4.78 is 0. The van der Waals surface area contributed by atoms with E-state index in [1.165, 1.54) is 12.8 Å². The van der Waals surface area contributed by atoms with Gasteiger partial charge in [-0.25, -0.2) is 0 Å². The molecule has 1 aromatic carbocycles. The highest BCUT2D eigenvalue weighted by Crippen LogP contribution is 2.29. The zero-order chi connectivity index (χ0) is 13.8. The van der Waals surface area contributed by atoms with Crippen molar-refractivity contribution < 1.29 is 10.2 Å². The lowest BCUT2D eigenvalue weighted by Gasteiger charge is -2.33. The summed E-state index contributed by atoms with van der Waals surface area (Å²) in [6, 6.07) is 6.17. The quantitative estimate of drug-likeness (QED) is 0.783. The highest BCUT2D eigenvalue weighted by molar-refractivity contribution is 5.37. The van der Waals surface area contributed by atoms with Crippen molar-refractivity contribution in [3.05, 3.63) is 29.3 Å². The Morgan fingerprint density at radius 3 is 2.79 bits per heavy atom. The van der Waals surface area contributed by atoms with Crippen LogP contribution in [0.5, 0.6) is 5.75 Å². The maximum atomic E-state index is 9.97. The Kier molecular flexibility index (Phi) is 4.83. The predicted octanol–water partition coefficient (Wildman–Crippen LogP) is 2.90. The Bertz CT molecular complexity index is 419. The molecule has 106 valence electrons. The van der Waals surface area contributed by atoms with Gasteiger partial charge in [0.2, 0.25) is 0 Å². The van der Waals surface area contributed by atoms with Gasteiger partial charge in [-0.15, -0.1) is 0 Å². The fourth-order valence-electron chi connectivity index (χ4n) is 3.08. The van der Waals surface area contributed by atoms with Crippen LogP contribution >= 0.6 is 0 Å². The zero-order valence-electron chi connectivity index (χ0n) is 11.9. The van der Waals surface area contributed by atoms with Gasteiger partial charge in [-0.3, -0.25) is 0 Å². The molecule has 1 aliphatic carbocycles. The molecule has 1 saturated carbocycles. The summed E-state index contributed by atoms with van der Waals surface area (Å²) in [5, 5.41) is 23.0. The van der Waals surface area contributed by atoms with Crippen LogP contribution in [-0.2, 0) is 0 Å². The van der Waals surface area contributed by atoms with E-state index in [-0.39, 0.29) is 12.6 Å². The van der Waals surface area contributed by atoms with Gasteiger partial charge in [0.15, 0.2) is 0 Å². The van der Waals surface area contributed by atoms with Crippen molar-refractivity contribution in [3.8, 4) is 5.75 Å². The van der Waals surface area contributed by atoms with E-state index in [4.69, 9.17) is 0 Å². The highest BCUT2D eigenvalue weighted by atomic mass is 16.3. The van der Waals surface area contributed by atoms with Crippen molar-refractivity contribution in [2.45, 2.75) is 51.6 Å². The van der Waals surface area contributed by atoms with E-state index >= 15 is 0 Å². The summed E-state index contributed by atoms with van der Waals surface area (Å²) in [5.74, 6) is 0.699. The molecular weight excluding hydrogens is 238 g/mol. The van der Waals surface area contributed by atoms with Gasteiger partial charge in [0.25, 0.3) is 0 Å². The van der Waals surface area contributed by atoms with E-state index in [1.54, 1.807) is 6.07 Å². The average Bonchev–Trinajstić information content (AvgIpc) is 2.42. The first-order valence-corrected chi connectivity index (χ1v) is 7.28. The van der Waals surface area contributed by atoms with Crippen LogP contribution in [-0.4, -0.2) is 22.9 Å². The number of hydrogen-bond acceptors (Lipinski definition) is 3. The van der Waals surface area contributed by atoms with E-state index in [1.807, 2.05) is 19.1 Å². The summed E-state index contributed by atoms with van der Waals surface area (Å²) in [4.78, 5) is 0. The summed E-state index contributed by atoms with van der Waals surface area (Å²) in [6.07, 6.45) is 4.65. The molecule has 0 bridgehead atoms. The van der Waals surface area contributed by atoms with E-state index in [0.29, 0.717) is 17.7 Å². The van der Waals surface area contributed by atoms with Crippen LogP contribution in [0.1, 0.15) is 49.8 Å². The van der Waals surface area contributed by atoms with Gasteiger partial charge in [-0.2, -0.15) is 0 Å². The number of phenols is 1. The molecule has 3 nitrogen and oxygen atoms in total. The molecule has 0 spiro atoms. The van der Waals surface area contributed by atoms with Crippen molar-refractivity contribution >= 4 is 0 Å². The predicted molar refractivity (Wildman–Crippen MR) is 77.2 cm³/mol. The third-order valence-electron chi connectivity index (χ3n) is 4.26. The van der Waals surface area contributed by atoms with Crippen LogP contribution in [0.25, 0.3) is 0 Å². The summed E-state index contributed by atoms with van der Waals surface area (Å²) >= 11 is 0. The Morgan fingerprint density at radius 2 is 2.05 bits per heavy atom. The second-order valence-electron chi connectivity index (χ2n) is 5.78. The molecule has 1 aromatic rings. The smallest absolute Gasteiger partial charge is 0.120 e. The topological polar surface area (TPSA) is 52.5 Å². The first kappa shape index (κ1) is 14.4. The Hall–Kier alpha value is -1.06. The van der Waals surface area contributed by atoms with Crippen molar-refractivity contribution in [2.24, 2.45) is 5.92 Å². The van der Waals surface area contributed by atoms with E-state index in [2.05, 4.69) is 12.2 Å². The molecule has 0 radical (unpaired) electrons. The molecular formula is C16H25NO2. The second kappa shape index (κ2) is 6.40. The van der Waals surface area contributed by atoms with Gasteiger partial charge in [-0.05, 0) is 38.7 Å². The minimum Gasteiger partial charge on any atom is -0.508 e. The lowest BCUT2D eigenvalue weighted by molar-refractivity contribution is 0.147. The number of nitrogens with one attached hydrogen (secondary N) is 1. The molecule has 0 amide bonds. The first-order chi connectivity index (χ1) is 9.11. The van der Waals surface area contributed by atoms with Gasteiger partial charge in [-0.1, -0.05) is 30.5 Å². The summed E-state index contributed by atoms with van der Waals surface area (Å²) in [5.41, 5.74) is 2.10. The van der Waals surface area contributed by atoms with Crippen LogP contribution < -0.4 is 5.32 Å². The van der Waals surface area contributed by atoms with Crippen LogP contribution in [0.2, 0.25) is 0 Å². The molecule has 3 atom stereocenters. The Labute approximate surface area is 115 Å². The molecule has 2 rings (SSSR count). The number of hydrogen-bond donors (Lipinski definition) is 3. The lowest BCUT2D eigenvalue weighted by atomic mass is 9.84. The SMILES string of the molecule is Cc1ccc(O)c(C(C)NC2CCCCC2CO)c1. The van der Waals surface area contributed by atoms with Gasteiger partial charge < -0.3 is 15.5 Å². The van der Waals surface area contributed by atoms with Crippen molar-refractivity contribution in [1.29, 1.82) is 0 Å². The largest absolute Gasteiger partial charge is 0.508 e. The minimum atomic E-state index is 0.108. The van der Waals surface area contributed by atoms with Gasteiger partial charge >= 0.3 is 0 Å². The summed E-state index contributed by atoms with van der Waals surface area (Å²) in [6.45, 7) is 4.37. The molecule has 3 N–H and O–H groups in total. The average molecular weight is 263 g/mol. The highest BCUT2D eigenvalue weighted by Gasteiger charge is 2.26. The van der Waals surface area contributed by atoms with E-state index in [0.717, 1.165) is 24.0 Å². The number of aromatic hydroxyl groups is 1. The van der Waals surface area contributed by atoms with Crippen LogP contribution in [0.3, 0.4) is 0 Å². The molecule has 0 saturated heterocycles. The fourth-order valence-corrected chi connectivity index (χ4v) is 3.08. The zero-order valence-corrected chi connectivity index (χ0v) is 11.9. The molecule has 3 unspecified atom stereocenters. The standard InChI is InChI=1S/C16H25NO2/c1-11-7-8-16(19)14(9-11)12(2)17-15-6-4-3-5-13(15)10-18/h7-9,12-13,15,17-19H,3-6,10H2,1-2H3. The molecule has 0 aliphatic heterocycles. The number of aryl methyl sites for hydroxylation is 1. The number of aliphatic hydroxyl groups is 1. The normalized spacial score (nSPS) is 25.2. The number of phenolic OH excluding ortho intramolecular Hbond substituents is 1. The first-order valence-electron chi connectivity index (χ1n) is 7.28. The molecule has 1 aliphatic rings. The second-order valence-corrected chi connectivity index (χ2v) is 5.78. The van der Waals surface area contributed by atoms with Gasteiger partial charge in [0, 0.05) is 24.3 Å². The fraction of sp³-hybridized carbons (Fsp3) is 0.625. The molecule has 19 heavy (non-hydrogen) atoms. The van der Waals surface area contributed by atoms with E-state index < -0.39 is 0 Å². The molecule has 1 fully saturated rings. The van der Waals surface area contributed by atoms with E-state index in [9.17, 15) is 10.2 Å². The van der Waals surface area contributed by atoms with Crippen LogP contribution in [0.15, 0.2) is 18.2 Å². The third-order valence-corrected chi connectivity index (χ3v) is 4.26. The Balaban J connectivity index is 2.07. The molecule has 0 heterocycles. The van der Waals surface area contributed by atoms with Crippen molar-refractivity contribution in [1.82, 2.24) is 5.32 Å². The Morgan fingerprint density at radius 1 is 1.32 bits per heavy atom. The minimum absolute atomic E-state index is 0.108. The van der Waals surface area contributed by atoms with Crippen molar-refractivity contribution in [2.75, 3.05) is 6.61 Å². The molecule has 3 heteroatoms. The summed E-state index contributed by atoms with van der Waals surface area (Å²) in [7, 11) is 0. The van der Waals surface area contributed by atoms with Crippen LogP contribution in [0.4, 0.5) is 0 Å². The third kappa shape index (κ3) is 3.48. The maximum Gasteiger partial charge on any atom is 0.120 e. The lowest BCUT2D eigenvalue weighted by Crippen LogP contribution is -2.41. The maximum absolute atomic E-state index is 9.97. The number of benzene rings is 1. The number of rotatable bonds is 4. The van der Waals surface area contributed by atoms with Crippen LogP contribution in [0, 0.1) is 12.8 Å².